The summed E-state index contributed by atoms with van der Waals surface area (Å²) in [5.74, 6) is 1.98. The smallest absolute Gasteiger partial charge is 0.270 e. The highest BCUT2D eigenvalue weighted by Gasteiger charge is 2.60. The van der Waals surface area contributed by atoms with Crippen LogP contribution in [0.4, 0.5) is 0 Å². The van der Waals surface area contributed by atoms with Crippen molar-refractivity contribution in [2.75, 3.05) is 7.05 Å². The predicted molar refractivity (Wildman–Crippen MR) is 133 cm³/mol. The number of aromatic nitrogens is 1. The fourth-order valence-electron chi connectivity index (χ4n) is 8.50. The minimum absolute atomic E-state index is 0.0446. The number of carbonyl (C=O) groups is 2. The van der Waals surface area contributed by atoms with E-state index in [2.05, 4.69) is 30.2 Å². The van der Waals surface area contributed by atoms with Gasteiger partial charge in [-0.2, -0.15) is 0 Å². The molecule has 178 valence electrons. The molecule has 2 heterocycles. The Morgan fingerprint density at radius 1 is 1.06 bits per heavy atom. The highest BCUT2D eigenvalue weighted by atomic mass is 16.2. The summed E-state index contributed by atoms with van der Waals surface area (Å²) in [5.41, 5.74) is 0.707. The van der Waals surface area contributed by atoms with Crippen LogP contribution in [0, 0.1) is 28.6 Å². The molecule has 3 fully saturated rings. The summed E-state index contributed by atoms with van der Waals surface area (Å²) >= 11 is 0. The van der Waals surface area contributed by atoms with E-state index in [9.17, 15) is 9.59 Å². The second-order valence-electron chi connectivity index (χ2n) is 11.6. The van der Waals surface area contributed by atoms with Crippen molar-refractivity contribution in [3.05, 3.63) is 54.4 Å². The molecule has 1 aromatic heterocycles. The van der Waals surface area contributed by atoms with Crippen LogP contribution in [-0.4, -0.2) is 40.8 Å². The average molecular weight is 458 g/mol. The van der Waals surface area contributed by atoms with Crippen LogP contribution in [0.3, 0.4) is 0 Å². The number of fused-ring (bicyclic) bond motifs is 6. The lowest BCUT2D eigenvalue weighted by Crippen LogP contribution is -2.60. The molecule has 5 heteroatoms. The average Bonchev–Trinajstić information content (AvgIpc) is 3.17. The monoisotopic (exact) mass is 457 g/mol. The first-order valence-corrected chi connectivity index (χ1v) is 12.9. The zero-order chi connectivity index (χ0) is 23.7. The van der Waals surface area contributed by atoms with E-state index in [4.69, 9.17) is 0 Å². The first-order valence-electron chi connectivity index (χ1n) is 12.9. The first-order chi connectivity index (χ1) is 16.3. The molecule has 0 saturated heterocycles. The first kappa shape index (κ1) is 21.8. The molecular formula is C29H35N3O2. The number of hydrogen-bond donors (Lipinski definition) is 1. The Balaban J connectivity index is 1.25. The van der Waals surface area contributed by atoms with Crippen LogP contribution in [0.25, 0.3) is 10.8 Å². The van der Waals surface area contributed by atoms with Crippen LogP contribution in [0.15, 0.2) is 48.7 Å². The van der Waals surface area contributed by atoms with Gasteiger partial charge in [-0.15, -0.1) is 0 Å². The topological polar surface area (TPSA) is 62.3 Å². The van der Waals surface area contributed by atoms with Gasteiger partial charge in [0, 0.05) is 36.1 Å². The number of amides is 2. The van der Waals surface area contributed by atoms with Gasteiger partial charge in [0.25, 0.3) is 5.91 Å². The van der Waals surface area contributed by atoms with E-state index >= 15 is 0 Å². The van der Waals surface area contributed by atoms with Gasteiger partial charge in [-0.25, -0.2) is 0 Å². The maximum Gasteiger partial charge on any atom is 0.270 e. The number of carbonyl (C=O) groups excluding carboxylic acids is 2. The number of nitrogens with one attached hydrogen (secondary N) is 1. The molecule has 2 amide bonds. The van der Waals surface area contributed by atoms with Gasteiger partial charge in [0.15, 0.2) is 0 Å². The molecule has 0 spiro atoms. The summed E-state index contributed by atoms with van der Waals surface area (Å²) in [4.78, 5) is 32.2. The van der Waals surface area contributed by atoms with Crippen molar-refractivity contribution in [2.24, 2.45) is 28.6 Å². The molecule has 0 unspecified atom stereocenters. The molecule has 3 saturated carbocycles. The number of benzene rings is 1. The number of hydrogen-bond acceptors (Lipinski definition) is 3. The van der Waals surface area contributed by atoms with Crippen LogP contribution in [0.5, 0.6) is 0 Å². The van der Waals surface area contributed by atoms with Crippen molar-refractivity contribution in [2.45, 2.75) is 64.5 Å². The number of likely N-dealkylation sites (N-methyl/N-ethyl adjacent to an activating group) is 1. The molecule has 3 aliphatic carbocycles. The van der Waals surface area contributed by atoms with Crippen LogP contribution in [0.2, 0.25) is 0 Å². The van der Waals surface area contributed by atoms with E-state index in [1.807, 2.05) is 48.4 Å². The minimum Gasteiger partial charge on any atom is -0.347 e. The summed E-state index contributed by atoms with van der Waals surface area (Å²) in [6, 6.07) is 10.4. The van der Waals surface area contributed by atoms with Gasteiger partial charge in [0.1, 0.15) is 5.69 Å². The van der Waals surface area contributed by atoms with Gasteiger partial charge < -0.3 is 10.2 Å². The predicted octanol–water partition coefficient (Wildman–Crippen LogP) is 4.97. The Labute approximate surface area is 202 Å². The van der Waals surface area contributed by atoms with Crippen molar-refractivity contribution < 1.29 is 9.59 Å². The lowest BCUT2D eigenvalue weighted by atomic mass is 9.48. The lowest BCUT2D eigenvalue weighted by Gasteiger charge is -2.60. The molecule has 1 aromatic carbocycles. The van der Waals surface area contributed by atoms with Crippen molar-refractivity contribution >= 4 is 22.6 Å². The molecule has 5 nitrogen and oxygen atoms in total. The Bertz CT molecular complexity index is 1190. The minimum atomic E-state index is -0.0446. The van der Waals surface area contributed by atoms with E-state index in [1.165, 1.54) is 12.8 Å². The zero-order valence-electron chi connectivity index (χ0n) is 20.5. The summed E-state index contributed by atoms with van der Waals surface area (Å²) in [6.07, 6.45) is 12.5. The third-order valence-electron chi connectivity index (χ3n) is 10.3. The largest absolute Gasteiger partial charge is 0.347 e. The second kappa shape index (κ2) is 7.66. The number of rotatable bonds is 2. The van der Waals surface area contributed by atoms with Gasteiger partial charge in [0.05, 0.1) is 0 Å². The fraction of sp³-hybridized carbons (Fsp3) is 0.552. The summed E-state index contributed by atoms with van der Waals surface area (Å²) in [5, 5.41) is 5.40. The molecular weight excluding hydrogens is 422 g/mol. The van der Waals surface area contributed by atoms with Gasteiger partial charge in [-0.1, -0.05) is 44.2 Å². The zero-order valence-corrected chi connectivity index (χ0v) is 20.5. The van der Waals surface area contributed by atoms with Crippen LogP contribution in [-0.2, 0) is 4.79 Å². The van der Waals surface area contributed by atoms with Crippen molar-refractivity contribution in [1.29, 1.82) is 0 Å². The lowest BCUT2D eigenvalue weighted by molar-refractivity contribution is -0.138. The standard InChI is InChI=1S/C29H35N3O2/c1-28-15-12-22-20(8-11-24-29(22,2)16-13-25(33)32(24)3)21(28)9-10-23(28)31-27(34)26-19-7-5-4-6-18(19)14-17-30-26/h4-7,13-14,16-17,20-24H,8-12,15H2,1-3H3,(H,31,34)/t20-,21-,22-,23-,24+,28-,29+/m0/s1. The molecule has 6 rings (SSSR count). The van der Waals surface area contributed by atoms with E-state index < -0.39 is 0 Å². The maximum atomic E-state index is 13.4. The third-order valence-corrected chi connectivity index (χ3v) is 10.3. The Morgan fingerprint density at radius 2 is 1.88 bits per heavy atom. The van der Waals surface area contributed by atoms with Gasteiger partial charge >= 0.3 is 0 Å². The SMILES string of the molecule is CN1C(=O)C=C[C@]2(C)[C@H]3CC[C@]4(C)[C@@H](NC(=O)c5nccc6ccccc56)CC[C@H]4[C@@H]3CC[C@@H]12. The molecule has 0 bridgehead atoms. The van der Waals surface area contributed by atoms with E-state index in [0.29, 0.717) is 29.5 Å². The van der Waals surface area contributed by atoms with Crippen LogP contribution in [0.1, 0.15) is 62.9 Å². The van der Waals surface area contributed by atoms with E-state index in [0.717, 1.165) is 36.5 Å². The molecule has 0 radical (unpaired) electrons. The summed E-state index contributed by atoms with van der Waals surface area (Å²) in [6.45, 7) is 4.81. The van der Waals surface area contributed by atoms with Crippen molar-refractivity contribution in [1.82, 2.24) is 15.2 Å². The Kier molecular flexibility index (Phi) is 4.91. The normalized spacial score (nSPS) is 38.9. The van der Waals surface area contributed by atoms with E-state index in [1.54, 1.807) is 6.20 Å². The molecule has 7 atom stereocenters. The van der Waals surface area contributed by atoms with Crippen LogP contribution >= 0.6 is 0 Å². The second-order valence-corrected chi connectivity index (χ2v) is 11.6. The van der Waals surface area contributed by atoms with Crippen molar-refractivity contribution in [3.8, 4) is 0 Å². The van der Waals surface area contributed by atoms with E-state index in [-0.39, 0.29) is 28.7 Å². The fourth-order valence-corrected chi connectivity index (χ4v) is 8.50. The summed E-state index contributed by atoms with van der Waals surface area (Å²) in [7, 11) is 1.98. The molecule has 2 aromatic rings. The summed E-state index contributed by atoms with van der Waals surface area (Å²) < 4.78 is 0. The van der Waals surface area contributed by atoms with Gasteiger partial charge in [-0.05, 0) is 79.2 Å². The third kappa shape index (κ3) is 3.01. The molecule has 4 aliphatic rings. The Hall–Kier alpha value is -2.69. The highest BCUT2D eigenvalue weighted by Crippen LogP contribution is 2.63. The highest BCUT2D eigenvalue weighted by molar-refractivity contribution is 6.05. The van der Waals surface area contributed by atoms with Crippen LogP contribution < -0.4 is 5.32 Å². The van der Waals surface area contributed by atoms with Crippen molar-refractivity contribution in [3.63, 3.8) is 0 Å². The maximum absolute atomic E-state index is 13.4. The molecule has 1 aliphatic heterocycles. The molecule has 1 N–H and O–H groups in total. The number of nitrogens with zero attached hydrogens (tertiary/aromatic N) is 2. The molecule has 34 heavy (non-hydrogen) atoms. The van der Waals surface area contributed by atoms with Gasteiger partial charge in [0.2, 0.25) is 5.91 Å². The number of pyridine rings is 1. The Morgan fingerprint density at radius 3 is 2.74 bits per heavy atom. The quantitative estimate of drug-likeness (QED) is 0.692. The van der Waals surface area contributed by atoms with Gasteiger partial charge in [-0.3, -0.25) is 14.6 Å².